The van der Waals surface area contributed by atoms with Gasteiger partial charge in [0.1, 0.15) is 0 Å². The maximum Gasteiger partial charge on any atom is 0.0648 e. The van der Waals surface area contributed by atoms with E-state index in [0.717, 1.165) is 25.8 Å². The van der Waals surface area contributed by atoms with Crippen LogP contribution < -0.4 is 5.73 Å². The van der Waals surface area contributed by atoms with Crippen molar-refractivity contribution >= 4 is 0 Å². The fourth-order valence-corrected chi connectivity index (χ4v) is 3.04. The lowest BCUT2D eigenvalue weighted by Gasteiger charge is -2.21. The van der Waals surface area contributed by atoms with Crippen molar-refractivity contribution in [3.05, 3.63) is 53.1 Å². The molecule has 3 heteroatoms. The molecule has 0 amide bonds. The second-order valence-corrected chi connectivity index (χ2v) is 5.31. The number of nitrogens with zero attached hydrogens (tertiary/aromatic N) is 2. The van der Waals surface area contributed by atoms with E-state index in [2.05, 4.69) is 34.8 Å². The van der Waals surface area contributed by atoms with E-state index in [1.54, 1.807) is 0 Å². The number of aromatic nitrogens is 2. The van der Waals surface area contributed by atoms with Gasteiger partial charge in [-0.1, -0.05) is 13.0 Å². The van der Waals surface area contributed by atoms with E-state index in [4.69, 9.17) is 5.73 Å². The highest BCUT2D eigenvalue weighted by Gasteiger charge is 2.20. The quantitative estimate of drug-likeness (QED) is 0.916. The first-order valence-electron chi connectivity index (χ1n) is 7.16. The molecule has 100 valence electrons. The van der Waals surface area contributed by atoms with Crippen LogP contribution in [0.3, 0.4) is 0 Å². The predicted molar refractivity (Wildman–Crippen MR) is 77.0 cm³/mol. The minimum absolute atomic E-state index is 0.222. The Labute approximate surface area is 114 Å². The molecular formula is C16H21N3. The molecule has 2 aromatic heterocycles. The van der Waals surface area contributed by atoms with Gasteiger partial charge >= 0.3 is 0 Å². The number of hydrogen-bond donors (Lipinski definition) is 1. The Balaban J connectivity index is 1.92. The van der Waals surface area contributed by atoms with Crippen LogP contribution >= 0.6 is 0 Å². The molecular weight excluding hydrogens is 234 g/mol. The van der Waals surface area contributed by atoms with Gasteiger partial charge in [0.05, 0.1) is 12.2 Å². The average molecular weight is 255 g/mol. The molecule has 0 spiro atoms. The van der Waals surface area contributed by atoms with Crippen LogP contribution in [0.15, 0.2) is 30.6 Å². The number of aryl methyl sites for hydroxylation is 1. The van der Waals surface area contributed by atoms with Gasteiger partial charge in [0.25, 0.3) is 0 Å². The molecule has 0 radical (unpaired) electrons. The highest BCUT2D eigenvalue weighted by Crippen LogP contribution is 2.29. The van der Waals surface area contributed by atoms with E-state index in [1.165, 1.54) is 28.9 Å². The van der Waals surface area contributed by atoms with Gasteiger partial charge in [-0.25, -0.2) is 0 Å². The highest BCUT2D eigenvalue weighted by atomic mass is 15.0. The lowest BCUT2D eigenvalue weighted by atomic mass is 9.93. The van der Waals surface area contributed by atoms with Gasteiger partial charge in [-0.15, -0.1) is 0 Å². The molecule has 0 fully saturated rings. The topological polar surface area (TPSA) is 43.8 Å². The number of hydrogen-bond acceptors (Lipinski definition) is 2. The minimum atomic E-state index is 0.222. The van der Waals surface area contributed by atoms with Crippen LogP contribution in [0.25, 0.3) is 0 Å². The predicted octanol–water partition coefficient (Wildman–Crippen LogP) is 2.83. The summed E-state index contributed by atoms with van der Waals surface area (Å²) in [5.74, 6) is 0. The minimum Gasteiger partial charge on any atom is -0.345 e. The third-order valence-corrected chi connectivity index (χ3v) is 4.13. The molecule has 0 saturated heterocycles. The van der Waals surface area contributed by atoms with Gasteiger partial charge in [-0.05, 0) is 48.9 Å². The van der Waals surface area contributed by atoms with Crippen LogP contribution in [0.4, 0.5) is 0 Å². The van der Waals surface area contributed by atoms with Gasteiger partial charge in [-0.2, -0.15) is 0 Å². The number of fused-ring (bicyclic) bond motifs is 1. The summed E-state index contributed by atoms with van der Waals surface area (Å²) in [7, 11) is 0. The summed E-state index contributed by atoms with van der Waals surface area (Å²) in [6.07, 6.45) is 8.54. The number of rotatable bonds is 3. The summed E-state index contributed by atoms with van der Waals surface area (Å²) >= 11 is 0. The normalized spacial score (nSPS) is 18.3. The SMILES string of the molecule is CCc1cccnc1Cn1ccc2c1CCCC2N. The molecule has 3 rings (SSSR count). The van der Waals surface area contributed by atoms with E-state index in [-0.39, 0.29) is 6.04 Å². The number of pyridine rings is 1. The van der Waals surface area contributed by atoms with E-state index in [9.17, 15) is 0 Å². The molecule has 0 aliphatic heterocycles. The van der Waals surface area contributed by atoms with Gasteiger partial charge in [0.15, 0.2) is 0 Å². The molecule has 1 aliphatic carbocycles. The maximum absolute atomic E-state index is 6.18. The Hall–Kier alpha value is -1.61. The van der Waals surface area contributed by atoms with Crippen molar-refractivity contribution < 1.29 is 0 Å². The van der Waals surface area contributed by atoms with Crippen molar-refractivity contribution in [2.75, 3.05) is 0 Å². The lowest BCUT2D eigenvalue weighted by molar-refractivity contribution is 0.546. The molecule has 0 aromatic carbocycles. The van der Waals surface area contributed by atoms with Crippen LogP contribution in [-0.2, 0) is 19.4 Å². The largest absolute Gasteiger partial charge is 0.345 e. The molecule has 0 saturated carbocycles. The monoisotopic (exact) mass is 255 g/mol. The Kier molecular flexibility index (Phi) is 3.38. The standard InChI is InChI=1S/C16H21N3/c1-2-12-5-4-9-18-15(12)11-19-10-8-13-14(17)6-3-7-16(13)19/h4-5,8-10,14H,2-3,6-7,11,17H2,1H3. The van der Waals surface area contributed by atoms with E-state index in [0.29, 0.717) is 0 Å². The molecule has 0 bridgehead atoms. The molecule has 1 aliphatic rings. The molecule has 19 heavy (non-hydrogen) atoms. The average Bonchev–Trinajstić information content (AvgIpc) is 2.84. The van der Waals surface area contributed by atoms with E-state index < -0.39 is 0 Å². The summed E-state index contributed by atoms with van der Waals surface area (Å²) in [6, 6.07) is 6.60. The summed E-state index contributed by atoms with van der Waals surface area (Å²) < 4.78 is 2.33. The summed E-state index contributed by atoms with van der Waals surface area (Å²) in [6.45, 7) is 3.05. The molecule has 1 atom stereocenters. The number of nitrogens with two attached hydrogens (primary N) is 1. The van der Waals surface area contributed by atoms with E-state index in [1.807, 2.05) is 12.3 Å². The molecule has 2 N–H and O–H groups in total. The Morgan fingerprint density at radius 2 is 2.32 bits per heavy atom. The first-order valence-corrected chi connectivity index (χ1v) is 7.16. The van der Waals surface area contributed by atoms with Gasteiger partial charge < -0.3 is 10.3 Å². The fraction of sp³-hybridized carbons (Fsp3) is 0.438. The zero-order valence-electron chi connectivity index (χ0n) is 11.5. The molecule has 1 unspecified atom stereocenters. The van der Waals surface area contributed by atoms with Crippen molar-refractivity contribution in [1.29, 1.82) is 0 Å². The van der Waals surface area contributed by atoms with Crippen molar-refractivity contribution in [2.24, 2.45) is 5.73 Å². The van der Waals surface area contributed by atoms with Crippen LogP contribution in [0.1, 0.15) is 48.3 Å². The highest BCUT2D eigenvalue weighted by molar-refractivity contribution is 5.30. The van der Waals surface area contributed by atoms with Crippen LogP contribution in [-0.4, -0.2) is 9.55 Å². The lowest BCUT2D eigenvalue weighted by Crippen LogP contribution is -2.18. The second-order valence-electron chi connectivity index (χ2n) is 5.31. The smallest absolute Gasteiger partial charge is 0.0648 e. The van der Waals surface area contributed by atoms with Gasteiger partial charge in [0.2, 0.25) is 0 Å². The first kappa shape index (κ1) is 12.4. The van der Waals surface area contributed by atoms with Crippen molar-refractivity contribution in [3.8, 4) is 0 Å². The Morgan fingerprint density at radius 1 is 1.42 bits per heavy atom. The summed E-state index contributed by atoms with van der Waals surface area (Å²) in [4.78, 5) is 4.54. The first-order chi connectivity index (χ1) is 9.29. The van der Waals surface area contributed by atoms with Crippen molar-refractivity contribution in [2.45, 2.75) is 45.2 Å². The van der Waals surface area contributed by atoms with E-state index >= 15 is 0 Å². The third-order valence-electron chi connectivity index (χ3n) is 4.13. The van der Waals surface area contributed by atoms with Crippen molar-refractivity contribution in [1.82, 2.24) is 9.55 Å². The van der Waals surface area contributed by atoms with Crippen LogP contribution in [0.5, 0.6) is 0 Å². The molecule has 2 heterocycles. The zero-order chi connectivity index (χ0) is 13.2. The molecule has 3 nitrogen and oxygen atoms in total. The Morgan fingerprint density at radius 3 is 3.16 bits per heavy atom. The van der Waals surface area contributed by atoms with Gasteiger partial charge in [0, 0.05) is 24.1 Å². The second kappa shape index (κ2) is 5.17. The third kappa shape index (κ3) is 2.30. The maximum atomic E-state index is 6.18. The van der Waals surface area contributed by atoms with Gasteiger partial charge in [-0.3, -0.25) is 4.98 Å². The molecule has 2 aromatic rings. The zero-order valence-corrected chi connectivity index (χ0v) is 11.5. The summed E-state index contributed by atoms with van der Waals surface area (Å²) in [5.41, 5.74) is 11.4. The van der Waals surface area contributed by atoms with Crippen LogP contribution in [0, 0.1) is 0 Å². The summed E-state index contributed by atoms with van der Waals surface area (Å²) in [5, 5.41) is 0. The van der Waals surface area contributed by atoms with Crippen molar-refractivity contribution in [3.63, 3.8) is 0 Å². The van der Waals surface area contributed by atoms with Crippen LogP contribution in [0.2, 0.25) is 0 Å². The Bertz CT molecular complexity index is 571. The fourth-order valence-electron chi connectivity index (χ4n) is 3.04.